The normalized spacial score (nSPS) is 18.4. The number of nitriles is 1. The standard InChI is InChI=1S/C14H19N3/c1-11-4-3-5-12(10-15)13(11)17-14(2)6-8-16-9-7-14/h3-5,16-17H,6-9H2,1-2H3. The van der Waals surface area contributed by atoms with Crippen LogP contribution >= 0.6 is 0 Å². The Morgan fingerprint density at radius 2 is 2.06 bits per heavy atom. The Balaban J connectivity index is 2.26. The van der Waals surface area contributed by atoms with Crippen molar-refractivity contribution in [3.8, 4) is 6.07 Å². The Kier molecular flexibility index (Phi) is 3.35. The van der Waals surface area contributed by atoms with Crippen LogP contribution in [-0.2, 0) is 0 Å². The fourth-order valence-corrected chi connectivity index (χ4v) is 2.33. The van der Waals surface area contributed by atoms with Crippen LogP contribution in [0.2, 0.25) is 0 Å². The van der Waals surface area contributed by atoms with Crippen molar-refractivity contribution in [3.05, 3.63) is 29.3 Å². The zero-order valence-electron chi connectivity index (χ0n) is 10.5. The van der Waals surface area contributed by atoms with E-state index in [0.717, 1.165) is 42.7 Å². The van der Waals surface area contributed by atoms with Crippen molar-refractivity contribution in [1.82, 2.24) is 5.32 Å². The fraction of sp³-hybridized carbons (Fsp3) is 0.500. The number of hydrogen-bond donors (Lipinski definition) is 2. The number of piperidine rings is 1. The first-order chi connectivity index (χ1) is 8.14. The molecule has 0 amide bonds. The van der Waals surface area contributed by atoms with Crippen LogP contribution in [0.4, 0.5) is 5.69 Å². The first-order valence-electron chi connectivity index (χ1n) is 6.13. The Labute approximate surface area is 103 Å². The molecule has 2 N–H and O–H groups in total. The number of aryl methyl sites for hydroxylation is 1. The number of anilines is 1. The lowest BCUT2D eigenvalue weighted by Gasteiger charge is -2.36. The molecule has 1 aliphatic rings. The second-order valence-corrected chi connectivity index (χ2v) is 5.04. The van der Waals surface area contributed by atoms with E-state index in [9.17, 15) is 0 Å². The summed E-state index contributed by atoms with van der Waals surface area (Å²) in [6.07, 6.45) is 2.18. The second kappa shape index (κ2) is 4.77. The smallest absolute Gasteiger partial charge is 0.101 e. The molecule has 3 nitrogen and oxygen atoms in total. The molecule has 1 aromatic carbocycles. The highest BCUT2D eigenvalue weighted by molar-refractivity contribution is 5.63. The average molecular weight is 229 g/mol. The van der Waals surface area contributed by atoms with Crippen molar-refractivity contribution in [2.45, 2.75) is 32.2 Å². The molecule has 0 aliphatic carbocycles. The molecule has 0 spiro atoms. The third kappa shape index (κ3) is 2.59. The molecule has 17 heavy (non-hydrogen) atoms. The molecule has 1 saturated heterocycles. The fourth-order valence-electron chi connectivity index (χ4n) is 2.33. The predicted molar refractivity (Wildman–Crippen MR) is 70.0 cm³/mol. The molecule has 2 rings (SSSR count). The van der Waals surface area contributed by atoms with E-state index >= 15 is 0 Å². The van der Waals surface area contributed by atoms with E-state index in [2.05, 4.69) is 23.6 Å². The first kappa shape index (κ1) is 11.9. The molecule has 0 radical (unpaired) electrons. The van der Waals surface area contributed by atoms with Crippen LogP contribution in [-0.4, -0.2) is 18.6 Å². The van der Waals surface area contributed by atoms with E-state index in [4.69, 9.17) is 5.26 Å². The van der Waals surface area contributed by atoms with Crippen LogP contribution < -0.4 is 10.6 Å². The number of para-hydroxylation sites is 1. The third-order valence-corrected chi connectivity index (χ3v) is 3.53. The minimum Gasteiger partial charge on any atom is -0.379 e. The molecule has 3 heteroatoms. The maximum atomic E-state index is 9.15. The Morgan fingerprint density at radius 1 is 1.35 bits per heavy atom. The van der Waals surface area contributed by atoms with Gasteiger partial charge in [-0.2, -0.15) is 5.26 Å². The minimum atomic E-state index is 0.100. The van der Waals surface area contributed by atoms with E-state index in [-0.39, 0.29) is 5.54 Å². The van der Waals surface area contributed by atoms with Crippen LogP contribution in [0.1, 0.15) is 30.9 Å². The van der Waals surface area contributed by atoms with Crippen molar-refractivity contribution in [2.75, 3.05) is 18.4 Å². The van der Waals surface area contributed by atoms with Gasteiger partial charge < -0.3 is 10.6 Å². The minimum absolute atomic E-state index is 0.100. The molecule has 0 bridgehead atoms. The summed E-state index contributed by atoms with van der Waals surface area (Å²) >= 11 is 0. The monoisotopic (exact) mass is 229 g/mol. The molecule has 1 fully saturated rings. The van der Waals surface area contributed by atoms with Crippen molar-refractivity contribution in [1.29, 1.82) is 5.26 Å². The van der Waals surface area contributed by atoms with Gasteiger partial charge in [0.15, 0.2) is 0 Å². The molecule has 1 aliphatic heterocycles. The number of nitrogens with one attached hydrogen (secondary N) is 2. The molecular formula is C14H19N3. The molecule has 0 saturated carbocycles. The van der Waals surface area contributed by atoms with Crippen LogP contribution in [0, 0.1) is 18.3 Å². The Morgan fingerprint density at radius 3 is 2.71 bits per heavy atom. The summed E-state index contributed by atoms with van der Waals surface area (Å²) in [6, 6.07) is 8.12. The van der Waals surface area contributed by atoms with E-state index in [1.807, 2.05) is 25.1 Å². The van der Waals surface area contributed by atoms with Crippen molar-refractivity contribution < 1.29 is 0 Å². The average Bonchev–Trinajstić information content (AvgIpc) is 2.32. The maximum absolute atomic E-state index is 9.15. The van der Waals surface area contributed by atoms with Gasteiger partial charge in [-0.3, -0.25) is 0 Å². The molecular weight excluding hydrogens is 210 g/mol. The topological polar surface area (TPSA) is 47.9 Å². The summed E-state index contributed by atoms with van der Waals surface area (Å²) in [5, 5.41) is 16.1. The number of hydrogen-bond acceptors (Lipinski definition) is 3. The van der Waals surface area contributed by atoms with E-state index in [1.165, 1.54) is 0 Å². The Bertz CT molecular complexity index is 439. The van der Waals surface area contributed by atoms with Gasteiger partial charge in [-0.1, -0.05) is 12.1 Å². The molecule has 1 aromatic rings. The summed E-state index contributed by atoms with van der Waals surface area (Å²) < 4.78 is 0. The number of benzene rings is 1. The summed E-state index contributed by atoms with van der Waals surface area (Å²) in [5.41, 5.74) is 2.98. The SMILES string of the molecule is Cc1cccc(C#N)c1NC1(C)CCNCC1. The molecule has 90 valence electrons. The van der Waals surface area contributed by atoms with Gasteiger partial charge in [0, 0.05) is 5.54 Å². The lowest BCUT2D eigenvalue weighted by Crippen LogP contribution is -2.45. The van der Waals surface area contributed by atoms with Gasteiger partial charge in [0.1, 0.15) is 6.07 Å². The highest BCUT2D eigenvalue weighted by Gasteiger charge is 2.27. The molecule has 1 heterocycles. The van der Waals surface area contributed by atoms with Gasteiger partial charge in [-0.05, 0) is 51.4 Å². The summed E-state index contributed by atoms with van der Waals surface area (Å²) in [4.78, 5) is 0. The lowest BCUT2D eigenvalue weighted by molar-refractivity contribution is 0.365. The highest BCUT2D eigenvalue weighted by atomic mass is 15.0. The van der Waals surface area contributed by atoms with Crippen molar-refractivity contribution in [2.24, 2.45) is 0 Å². The molecule has 0 aromatic heterocycles. The highest BCUT2D eigenvalue weighted by Crippen LogP contribution is 2.28. The second-order valence-electron chi connectivity index (χ2n) is 5.04. The lowest BCUT2D eigenvalue weighted by atomic mass is 9.89. The van der Waals surface area contributed by atoms with Crippen molar-refractivity contribution >= 4 is 5.69 Å². The van der Waals surface area contributed by atoms with Gasteiger partial charge >= 0.3 is 0 Å². The van der Waals surface area contributed by atoms with Gasteiger partial charge in [-0.25, -0.2) is 0 Å². The number of rotatable bonds is 2. The van der Waals surface area contributed by atoms with Crippen LogP contribution in [0.5, 0.6) is 0 Å². The zero-order valence-corrected chi connectivity index (χ0v) is 10.5. The van der Waals surface area contributed by atoms with Crippen molar-refractivity contribution in [3.63, 3.8) is 0 Å². The number of nitrogens with zero attached hydrogens (tertiary/aromatic N) is 1. The van der Waals surface area contributed by atoms with Gasteiger partial charge in [0.2, 0.25) is 0 Å². The van der Waals surface area contributed by atoms with Gasteiger partial charge in [-0.15, -0.1) is 0 Å². The van der Waals surface area contributed by atoms with E-state index in [1.54, 1.807) is 0 Å². The largest absolute Gasteiger partial charge is 0.379 e. The maximum Gasteiger partial charge on any atom is 0.101 e. The first-order valence-corrected chi connectivity index (χ1v) is 6.13. The van der Waals surface area contributed by atoms with Crippen LogP contribution in [0.15, 0.2) is 18.2 Å². The zero-order chi connectivity index (χ0) is 12.3. The predicted octanol–water partition coefficient (Wildman–Crippen LogP) is 2.42. The van der Waals surface area contributed by atoms with Crippen LogP contribution in [0.3, 0.4) is 0 Å². The van der Waals surface area contributed by atoms with E-state index in [0.29, 0.717) is 0 Å². The van der Waals surface area contributed by atoms with Crippen LogP contribution in [0.25, 0.3) is 0 Å². The summed E-state index contributed by atoms with van der Waals surface area (Å²) in [7, 11) is 0. The third-order valence-electron chi connectivity index (χ3n) is 3.53. The Hall–Kier alpha value is -1.53. The molecule has 0 unspecified atom stereocenters. The quantitative estimate of drug-likeness (QED) is 0.818. The van der Waals surface area contributed by atoms with E-state index < -0.39 is 0 Å². The molecule has 0 atom stereocenters. The van der Waals surface area contributed by atoms with Gasteiger partial charge in [0.25, 0.3) is 0 Å². The van der Waals surface area contributed by atoms with Gasteiger partial charge in [0.05, 0.1) is 11.3 Å². The summed E-state index contributed by atoms with van der Waals surface area (Å²) in [6.45, 7) is 6.36. The summed E-state index contributed by atoms with van der Waals surface area (Å²) in [5.74, 6) is 0.